The van der Waals surface area contributed by atoms with Crippen molar-refractivity contribution in [3.63, 3.8) is 0 Å². The van der Waals surface area contributed by atoms with Gasteiger partial charge < -0.3 is 14.6 Å². The zero-order valence-electron chi connectivity index (χ0n) is 14.1. The number of nitrogens with zero attached hydrogens (tertiary/aromatic N) is 4. The van der Waals surface area contributed by atoms with E-state index in [2.05, 4.69) is 29.9 Å². The fraction of sp³-hybridized carbons (Fsp3) is 0.250. The van der Waals surface area contributed by atoms with Gasteiger partial charge in [0.2, 0.25) is 11.8 Å². The van der Waals surface area contributed by atoms with Crippen LogP contribution in [-0.2, 0) is 6.18 Å². The molecule has 2 heterocycles. The second-order valence-corrected chi connectivity index (χ2v) is 5.45. The summed E-state index contributed by atoms with van der Waals surface area (Å²) < 4.78 is 60.9. The highest BCUT2D eigenvalue weighted by Crippen LogP contribution is 2.29. The van der Waals surface area contributed by atoms with E-state index in [0.717, 1.165) is 0 Å². The Morgan fingerprint density at radius 1 is 1.19 bits per heavy atom. The molecule has 11 heteroatoms. The van der Waals surface area contributed by atoms with Gasteiger partial charge in [-0.1, -0.05) is 17.3 Å². The number of rotatable bonds is 5. The van der Waals surface area contributed by atoms with Gasteiger partial charge in [-0.3, -0.25) is 0 Å². The Kier molecular flexibility index (Phi) is 4.93. The minimum atomic E-state index is -4.73. The summed E-state index contributed by atoms with van der Waals surface area (Å²) in [6.45, 7) is 1.70. The summed E-state index contributed by atoms with van der Waals surface area (Å²) in [5.41, 5.74) is 0.482. The third-order valence-corrected chi connectivity index (χ3v) is 3.60. The van der Waals surface area contributed by atoms with Crippen molar-refractivity contribution >= 4 is 5.95 Å². The van der Waals surface area contributed by atoms with Gasteiger partial charge in [-0.25, -0.2) is 14.4 Å². The highest BCUT2D eigenvalue weighted by Gasteiger charge is 2.38. The van der Waals surface area contributed by atoms with Gasteiger partial charge in [-0.2, -0.15) is 18.2 Å². The van der Waals surface area contributed by atoms with Crippen LogP contribution in [0, 0.1) is 5.82 Å². The van der Waals surface area contributed by atoms with Crippen molar-refractivity contribution < 1.29 is 26.8 Å². The molecule has 0 aliphatic heterocycles. The highest BCUT2D eigenvalue weighted by molar-refractivity contribution is 5.52. The predicted octanol–water partition coefficient (Wildman–Crippen LogP) is 3.87. The first-order chi connectivity index (χ1) is 12.8. The van der Waals surface area contributed by atoms with E-state index in [1.165, 1.54) is 25.6 Å². The highest BCUT2D eigenvalue weighted by atomic mass is 19.4. The first-order valence-corrected chi connectivity index (χ1v) is 7.62. The summed E-state index contributed by atoms with van der Waals surface area (Å²) in [6, 6.07) is 4.24. The minimum Gasteiger partial charge on any atom is -0.494 e. The molecule has 7 nitrogen and oxygen atoms in total. The number of methoxy groups -OCH3 is 1. The minimum absolute atomic E-state index is 0.106. The molecule has 27 heavy (non-hydrogen) atoms. The molecule has 3 rings (SSSR count). The van der Waals surface area contributed by atoms with E-state index in [-0.39, 0.29) is 23.1 Å². The van der Waals surface area contributed by atoms with Gasteiger partial charge in [0.15, 0.2) is 11.6 Å². The summed E-state index contributed by atoms with van der Waals surface area (Å²) in [5, 5.41) is 6.15. The Hall–Kier alpha value is -3.24. The SMILES string of the molecule is COc1cccc(C(C)Nc2ncc(-c3noc(C(F)(F)F)n3)cn2)c1F. The lowest BCUT2D eigenvalue weighted by Crippen LogP contribution is -2.11. The normalized spacial score (nSPS) is 12.7. The smallest absolute Gasteiger partial charge is 0.471 e. The topological polar surface area (TPSA) is 86.0 Å². The standard InChI is InChI=1S/C16H13F4N5O2/c1-8(10-4-3-5-11(26-2)12(10)17)23-15-21-6-9(7-22-15)13-24-14(27-25-13)16(18,19)20/h3-8H,1-2H3,(H,21,22,23). The lowest BCUT2D eigenvalue weighted by molar-refractivity contribution is -0.159. The van der Waals surface area contributed by atoms with E-state index < -0.39 is 23.9 Å². The summed E-state index contributed by atoms with van der Waals surface area (Å²) in [5.74, 6) is -2.01. The van der Waals surface area contributed by atoms with Crippen LogP contribution < -0.4 is 10.1 Å². The lowest BCUT2D eigenvalue weighted by Gasteiger charge is -2.16. The van der Waals surface area contributed by atoms with E-state index in [4.69, 9.17) is 4.74 Å². The molecule has 0 bridgehead atoms. The Morgan fingerprint density at radius 3 is 2.48 bits per heavy atom. The van der Waals surface area contributed by atoms with Crippen molar-refractivity contribution in [2.45, 2.75) is 19.1 Å². The maximum absolute atomic E-state index is 14.3. The van der Waals surface area contributed by atoms with Gasteiger partial charge in [-0.05, 0) is 13.0 Å². The van der Waals surface area contributed by atoms with Gasteiger partial charge in [0.05, 0.1) is 18.7 Å². The molecule has 1 atom stereocenters. The summed E-state index contributed by atoms with van der Waals surface area (Å²) in [7, 11) is 1.37. The van der Waals surface area contributed by atoms with Crippen molar-refractivity contribution in [3.05, 3.63) is 47.9 Å². The Bertz CT molecular complexity index is 927. The Morgan fingerprint density at radius 2 is 1.89 bits per heavy atom. The largest absolute Gasteiger partial charge is 0.494 e. The number of alkyl halides is 3. The predicted molar refractivity (Wildman–Crippen MR) is 85.3 cm³/mol. The molecule has 2 aromatic heterocycles. The van der Waals surface area contributed by atoms with E-state index in [9.17, 15) is 17.6 Å². The van der Waals surface area contributed by atoms with E-state index in [1.807, 2.05) is 0 Å². The number of anilines is 1. The van der Waals surface area contributed by atoms with Crippen molar-refractivity contribution in [2.24, 2.45) is 0 Å². The van der Waals surface area contributed by atoms with Gasteiger partial charge in [-0.15, -0.1) is 0 Å². The monoisotopic (exact) mass is 383 g/mol. The summed E-state index contributed by atoms with van der Waals surface area (Å²) in [6.07, 6.45) is -2.27. The maximum Gasteiger partial charge on any atom is 0.471 e. The number of benzene rings is 1. The second kappa shape index (κ2) is 7.17. The molecule has 1 N–H and O–H groups in total. The van der Waals surface area contributed by atoms with Crippen LogP contribution >= 0.6 is 0 Å². The van der Waals surface area contributed by atoms with Crippen molar-refractivity contribution in [2.75, 3.05) is 12.4 Å². The zero-order chi connectivity index (χ0) is 19.6. The van der Waals surface area contributed by atoms with Gasteiger partial charge in [0.1, 0.15) is 0 Å². The first-order valence-electron chi connectivity index (χ1n) is 7.62. The van der Waals surface area contributed by atoms with Crippen LogP contribution in [0.2, 0.25) is 0 Å². The molecule has 0 fully saturated rings. The maximum atomic E-state index is 14.3. The van der Waals surface area contributed by atoms with Crippen LogP contribution in [-0.4, -0.2) is 27.2 Å². The molecule has 0 aliphatic rings. The molecule has 0 amide bonds. The quantitative estimate of drug-likeness (QED) is 0.670. The molecule has 3 aromatic rings. The third kappa shape index (κ3) is 3.96. The molecule has 142 valence electrons. The van der Waals surface area contributed by atoms with E-state index in [1.54, 1.807) is 19.1 Å². The van der Waals surface area contributed by atoms with Crippen molar-refractivity contribution in [1.82, 2.24) is 20.1 Å². The molecule has 0 radical (unpaired) electrons. The molecular weight excluding hydrogens is 370 g/mol. The fourth-order valence-electron chi connectivity index (χ4n) is 2.27. The van der Waals surface area contributed by atoms with Crippen molar-refractivity contribution in [1.29, 1.82) is 0 Å². The van der Waals surface area contributed by atoms with Crippen LogP contribution in [0.1, 0.15) is 24.4 Å². The van der Waals surface area contributed by atoms with E-state index >= 15 is 0 Å². The summed E-state index contributed by atoms with van der Waals surface area (Å²) in [4.78, 5) is 11.2. The zero-order valence-corrected chi connectivity index (χ0v) is 14.1. The van der Waals surface area contributed by atoms with E-state index in [0.29, 0.717) is 5.56 Å². The number of hydrogen-bond acceptors (Lipinski definition) is 7. The van der Waals surface area contributed by atoms with Crippen LogP contribution in [0.3, 0.4) is 0 Å². The molecule has 0 spiro atoms. The van der Waals surface area contributed by atoms with Crippen molar-refractivity contribution in [3.8, 4) is 17.1 Å². The second-order valence-electron chi connectivity index (χ2n) is 5.45. The van der Waals surface area contributed by atoms with Gasteiger partial charge in [0.25, 0.3) is 0 Å². The number of aromatic nitrogens is 4. The number of halogens is 4. The third-order valence-electron chi connectivity index (χ3n) is 3.60. The molecule has 0 aliphatic carbocycles. The average Bonchev–Trinajstić information content (AvgIpc) is 3.13. The molecule has 0 saturated heterocycles. The Balaban J connectivity index is 1.75. The molecule has 1 unspecified atom stereocenters. The summed E-state index contributed by atoms with van der Waals surface area (Å²) >= 11 is 0. The fourth-order valence-corrected chi connectivity index (χ4v) is 2.27. The number of ether oxygens (including phenoxy) is 1. The Labute approximate surface area is 150 Å². The number of nitrogens with one attached hydrogen (secondary N) is 1. The van der Waals surface area contributed by atoms with Gasteiger partial charge >= 0.3 is 12.1 Å². The van der Waals surface area contributed by atoms with Crippen LogP contribution in [0.4, 0.5) is 23.5 Å². The average molecular weight is 383 g/mol. The van der Waals surface area contributed by atoms with Crippen LogP contribution in [0.5, 0.6) is 5.75 Å². The molecular formula is C16H13F4N5O2. The van der Waals surface area contributed by atoms with Crippen LogP contribution in [0.25, 0.3) is 11.4 Å². The number of hydrogen-bond donors (Lipinski definition) is 1. The molecule has 1 aromatic carbocycles. The van der Waals surface area contributed by atoms with Gasteiger partial charge in [0, 0.05) is 18.0 Å². The first kappa shape index (κ1) is 18.5. The molecule has 0 saturated carbocycles. The van der Waals surface area contributed by atoms with Crippen LogP contribution in [0.15, 0.2) is 35.1 Å². The lowest BCUT2D eigenvalue weighted by atomic mass is 10.1.